The lowest BCUT2D eigenvalue weighted by Gasteiger charge is -2.56. The number of nitrogens with zero attached hydrogens (tertiary/aromatic N) is 2. The van der Waals surface area contributed by atoms with Crippen LogP contribution in [0.25, 0.3) is 4.85 Å². The maximum Gasteiger partial charge on any atom is 0.187 e. The van der Waals surface area contributed by atoms with Gasteiger partial charge in [0.25, 0.3) is 0 Å². The molecule has 0 radical (unpaired) electrons. The molecule has 3 nitrogen and oxygen atoms in total. The van der Waals surface area contributed by atoms with E-state index in [-0.39, 0.29) is 5.41 Å². The van der Waals surface area contributed by atoms with E-state index in [0.717, 1.165) is 43.4 Å². The molecule has 0 bridgehead atoms. The van der Waals surface area contributed by atoms with Gasteiger partial charge < -0.3 is 5.11 Å². The second-order valence-corrected chi connectivity index (χ2v) is 10.4. The quantitative estimate of drug-likeness (QED) is 0.463. The van der Waals surface area contributed by atoms with Crippen LogP contribution in [0.15, 0.2) is 55.1 Å². The second kappa shape index (κ2) is 7.61. The molecule has 2 saturated carbocycles. The Morgan fingerprint density at radius 2 is 2.03 bits per heavy atom. The van der Waals surface area contributed by atoms with Gasteiger partial charge in [-0.1, -0.05) is 48.9 Å². The van der Waals surface area contributed by atoms with E-state index in [1.807, 2.05) is 30.3 Å². The predicted octanol–water partition coefficient (Wildman–Crippen LogP) is 6.35. The number of allylic oxidation sites excluding steroid dienone is 1. The van der Waals surface area contributed by atoms with E-state index in [2.05, 4.69) is 42.6 Å². The zero-order valence-electron chi connectivity index (χ0n) is 18.7. The summed E-state index contributed by atoms with van der Waals surface area (Å²) in [6.45, 7) is 13.9. The van der Waals surface area contributed by atoms with Crippen molar-refractivity contribution >= 4 is 5.69 Å². The Morgan fingerprint density at radius 1 is 1.25 bits per heavy atom. The molecule has 1 N–H and O–H groups in total. The SMILES string of the molecule is [C-]#[N+]c1ccc2c(c1)CCC1C2[C@@H](C=C)C[C@@]2(C)C1CC[C@@]2(O)Cc1ccc(C#N)cc1. The molecule has 0 amide bonds. The minimum Gasteiger partial charge on any atom is -0.389 e. The minimum atomic E-state index is -0.744. The average Bonchev–Trinajstić information content (AvgIpc) is 3.08. The van der Waals surface area contributed by atoms with Crippen molar-refractivity contribution in [3.8, 4) is 6.07 Å². The Balaban J connectivity index is 1.49. The molecule has 0 saturated heterocycles. The molecule has 0 aromatic heterocycles. The summed E-state index contributed by atoms with van der Waals surface area (Å²) in [5, 5.41) is 21.2. The van der Waals surface area contributed by atoms with Gasteiger partial charge in [0.2, 0.25) is 0 Å². The number of hydrogen-bond acceptors (Lipinski definition) is 2. The van der Waals surface area contributed by atoms with Gasteiger partial charge >= 0.3 is 0 Å². The van der Waals surface area contributed by atoms with Crippen LogP contribution in [-0.2, 0) is 12.8 Å². The van der Waals surface area contributed by atoms with E-state index >= 15 is 0 Å². The van der Waals surface area contributed by atoms with Crippen LogP contribution in [0.3, 0.4) is 0 Å². The summed E-state index contributed by atoms with van der Waals surface area (Å²) < 4.78 is 0. The molecule has 3 unspecified atom stereocenters. The fraction of sp³-hybridized carbons (Fsp3) is 0.448. The van der Waals surface area contributed by atoms with Gasteiger partial charge in [0, 0.05) is 11.8 Å². The smallest absolute Gasteiger partial charge is 0.187 e. The Morgan fingerprint density at radius 3 is 2.72 bits per heavy atom. The van der Waals surface area contributed by atoms with Crippen LogP contribution in [0.4, 0.5) is 5.69 Å². The lowest BCUT2D eigenvalue weighted by atomic mass is 9.49. The Hall–Kier alpha value is -2.88. The Kier molecular flexibility index (Phi) is 4.99. The number of aryl methyl sites for hydroxylation is 1. The number of benzene rings is 2. The summed E-state index contributed by atoms with van der Waals surface area (Å²) in [5.41, 5.74) is 4.33. The summed E-state index contributed by atoms with van der Waals surface area (Å²) in [5.74, 6) is 1.79. The average molecular weight is 423 g/mol. The molecule has 0 heterocycles. The highest BCUT2D eigenvalue weighted by molar-refractivity contribution is 5.52. The first-order chi connectivity index (χ1) is 15.4. The van der Waals surface area contributed by atoms with Crippen LogP contribution in [-0.4, -0.2) is 10.7 Å². The van der Waals surface area contributed by atoms with Crippen molar-refractivity contribution in [1.82, 2.24) is 0 Å². The van der Waals surface area contributed by atoms with Crippen molar-refractivity contribution in [2.45, 2.75) is 57.0 Å². The highest BCUT2D eigenvalue weighted by atomic mass is 16.3. The molecule has 6 atom stereocenters. The van der Waals surface area contributed by atoms with Gasteiger partial charge in [-0.3, -0.25) is 0 Å². The maximum atomic E-state index is 12.1. The van der Waals surface area contributed by atoms with Crippen LogP contribution >= 0.6 is 0 Å². The first-order valence-electron chi connectivity index (χ1n) is 11.8. The van der Waals surface area contributed by atoms with E-state index in [4.69, 9.17) is 11.8 Å². The van der Waals surface area contributed by atoms with E-state index in [0.29, 0.717) is 35.7 Å². The topological polar surface area (TPSA) is 48.4 Å². The number of nitriles is 1. The van der Waals surface area contributed by atoms with Crippen LogP contribution in [0, 0.1) is 41.1 Å². The van der Waals surface area contributed by atoms with Crippen LogP contribution in [0.2, 0.25) is 0 Å². The summed E-state index contributed by atoms with van der Waals surface area (Å²) in [4.78, 5) is 3.63. The minimum absolute atomic E-state index is 0.158. The molecule has 0 aliphatic heterocycles. The van der Waals surface area contributed by atoms with Crippen LogP contribution < -0.4 is 0 Å². The molecular weight excluding hydrogens is 392 g/mol. The molecule has 162 valence electrons. The highest BCUT2D eigenvalue weighted by Gasteiger charge is 2.63. The Labute approximate surface area is 191 Å². The molecule has 5 rings (SSSR count). The van der Waals surface area contributed by atoms with Gasteiger partial charge in [0.1, 0.15) is 0 Å². The summed E-state index contributed by atoms with van der Waals surface area (Å²) in [6.07, 6.45) is 7.73. The largest absolute Gasteiger partial charge is 0.389 e. The standard InChI is InChI=1S/C29H30N2O/c1-4-21-17-28(2)26(13-14-29(28,32)16-19-5-7-20(18-30)8-6-19)25-11-9-22-15-23(31-3)10-12-24(22)27(21)25/h4-8,10,12,15,21,25-27,32H,1,9,11,13-14,16-17H2,2H3/t21-,25?,26?,27?,28-,29+/m0/s1. The van der Waals surface area contributed by atoms with Crippen LogP contribution in [0.1, 0.15) is 60.8 Å². The number of rotatable bonds is 3. The van der Waals surface area contributed by atoms with Gasteiger partial charge in [0.15, 0.2) is 5.69 Å². The third-order valence-corrected chi connectivity index (χ3v) is 9.09. The third kappa shape index (κ3) is 3.03. The number of hydrogen-bond donors (Lipinski definition) is 1. The molecule has 2 aromatic carbocycles. The summed E-state index contributed by atoms with van der Waals surface area (Å²) in [7, 11) is 0. The summed E-state index contributed by atoms with van der Waals surface area (Å²) >= 11 is 0. The molecule has 3 heteroatoms. The van der Waals surface area contributed by atoms with E-state index in [1.165, 1.54) is 11.1 Å². The molecular formula is C29H30N2O. The van der Waals surface area contributed by atoms with Gasteiger partial charge in [-0.2, -0.15) is 5.26 Å². The lowest BCUT2D eigenvalue weighted by Crippen LogP contribution is -2.54. The fourth-order valence-corrected chi connectivity index (χ4v) is 7.48. The molecule has 32 heavy (non-hydrogen) atoms. The maximum absolute atomic E-state index is 12.1. The van der Waals surface area contributed by atoms with E-state index in [1.54, 1.807) is 0 Å². The van der Waals surface area contributed by atoms with Crippen LogP contribution in [0.5, 0.6) is 0 Å². The Bertz CT molecular complexity index is 1140. The second-order valence-electron chi connectivity index (χ2n) is 10.4. The van der Waals surface area contributed by atoms with E-state index < -0.39 is 5.60 Å². The molecule has 2 fully saturated rings. The van der Waals surface area contributed by atoms with Gasteiger partial charge in [-0.05, 0) is 79.0 Å². The van der Waals surface area contributed by atoms with Crippen molar-refractivity contribution in [1.29, 1.82) is 5.26 Å². The van der Waals surface area contributed by atoms with Crippen molar-refractivity contribution in [2.75, 3.05) is 0 Å². The van der Waals surface area contributed by atoms with Gasteiger partial charge in [-0.25, -0.2) is 4.85 Å². The predicted molar refractivity (Wildman–Crippen MR) is 126 cm³/mol. The highest BCUT2D eigenvalue weighted by Crippen LogP contribution is 2.66. The van der Waals surface area contributed by atoms with Crippen molar-refractivity contribution in [3.05, 3.63) is 88.8 Å². The van der Waals surface area contributed by atoms with Gasteiger partial charge in [0.05, 0.1) is 23.8 Å². The summed E-state index contributed by atoms with van der Waals surface area (Å²) in [6, 6.07) is 16.1. The molecule has 2 aromatic rings. The monoisotopic (exact) mass is 422 g/mol. The van der Waals surface area contributed by atoms with Crippen molar-refractivity contribution in [3.63, 3.8) is 0 Å². The molecule has 3 aliphatic rings. The molecule has 0 spiro atoms. The lowest BCUT2D eigenvalue weighted by molar-refractivity contribution is -0.111. The number of aliphatic hydroxyl groups is 1. The van der Waals surface area contributed by atoms with Crippen molar-refractivity contribution < 1.29 is 5.11 Å². The zero-order valence-corrected chi connectivity index (χ0v) is 18.7. The third-order valence-electron chi connectivity index (χ3n) is 9.09. The van der Waals surface area contributed by atoms with Gasteiger partial charge in [-0.15, -0.1) is 6.58 Å². The zero-order chi connectivity index (χ0) is 22.5. The fourth-order valence-electron chi connectivity index (χ4n) is 7.48. The first-order valence-corrected chi connectivity index (χ1v) is 11.8. The number of fused-ring (bicyclic) bond motifs is 5. The van der Waals surface area contributed by atoms with E-state index in [9.17, 15) is 5.11 Å². The normalized spacial score (nSPS) is 35.0. The first kappa shape index (κ1) is 21.0. The molecule has 3 aliphatic carbocycles. The van der Waals surface area contributed by atoms with Crippen molar-refractivity contribution in [2.24, 2.45) is 23.2 Å².